The maximum atomic E-state index is 13.0. The molecule has 2 N–H and O–H groups in total. The average Bonchev–Trinajstić information content (AvgIpc) is 3.70. The van der Waals surface area contributed by atoms with Crippen molar-refractivity contribution in [3.05, 3.63) is 53.6 Å². The summed E-state index contributed by atoms with van der Waals surface area (Å²) in [7, 11) is 0. The van der Waals surface area contributed by atoms with Gasteiger partial charge < -0.3 is 29.7 Å². The van der Waals surface area contributed by atoms with Gasteiger partial charge in [-0.15, -0.1) is 0 Å². The van der Waals surface area contributed by atoms with Crippen LogP contribution >= 0.6 is 0 Å². The molecule has 0 spiro atoms. The zero-order valence-electron chi connectivity index (χ0n) is 20.4. The van der Waals surface area contributed by atoms with E-state index in [0.29, 0.717) is 35.9 Å². The van der Waals surface area contributed by atoms with Crippen LogP contribution in [-0.2, 0) is 20.9 Å². The van der Waals surface area contributed by atoms with Crippen molar-refractivity contribution in [3.8, 4) is 11.5 Å². The quantitative estimate of drug-likeness (QED) is 0.483. The van der Waals surface area contributed by atoms with Crippen molar-refractivity contribution in [2.45, 2.75) is 39.0 Å². The van der Waals surface area contributed by atoms with Crippen molar-refractivity contribution >= 4 is 23.5 Å². The Labute approximate surface area is 213 Å². The largest absolute Gasteiger partial charge is 0.489 e. The lowest BCUT2D eigenvalue weighted by molar-refractivity contribution is -0.156. The minimum absolute atomic E-state index is 0.0593. The second kappa shape index (κ2) is 11.4. The zero-order valence-corrected chi connectivity index (χ0v) is 20.4. The molecule has 1 saturated heterocycles. The van der Waals surface area contributed by atoms with Gasteiger partial charge in [-0.2, -0.15) is 8.78 Å². The molecule has 2 aromatic carbocycles. The first-order valence-corrected chi connectivity index (χ1v) is 12.0. The molecule has 37 heavy (non-hydrogen) atoms. The Morgan fingerprint density at radius 1 is 1.08 bits per heavy atom. The number of primary amides is 1. The summed E-state index contributed by atoms with van der Waals surface area (Å²) >= 11 is 0. The summed E-state index contributed by atoms with van der Waals surface area (Å²) in [6.45, 7) is -0.477. The molecule has 11 heteroatoms. The fourth-order valence-corrected chi connectivity index (χ4v) is 4.15. The summed E-state index contributed by atoms with van der Waals surface area (Å²) < 4.78 is 41.6. The average molecular weight is 518 g/mol. The number of benzene rings is 2. The fourth-order valence-electron chi connectivity index (χ4n) is 4.15. The molecular weight excluding hydrogens is 488 g/mol. The summed E-state index contributed by atoms with van der Waals surface area (Å²) in [5, 5.41) is 0. The first-order chi connectivity index (χ1) is 17.7. The smallest absolute Gasteiger partial charge is 0.387 e. The molecular formula is C26H29F2N3O6. The van der Waals surface area contributed by atoms with Crippen LogP contribution in [0.15, 0.2) is 42.5 Å². The first kappa shape index (κ1) is 26.2. The molecule has 4 rings (SSSR count). The van der Waals surface area contributed by atoms with E-state index >= 15 is 0 Å². The second-order valence-electron chi connectivity index (χ2n) is 9.11. The van der Waals surface area contributed by atoms with E-state index in [-0.39, 0.29) is 37.1 Å². The minimum atomic E-state index is -2.99. The van der Waals surface area contributed by atoms with E-state index in [4.69, 9.17) is 15.2 Å². The molecule has 1 aliphatic heterocycles. The van der Waals surface area contributed by atoms with Gasteiger partial charge in [0, 0.05) is 43.9 Å². The van der Waals surface area contributed by atoms with Crippen LogP contribution in [0.1, 0.15) is 35.7 Å². The summed E-state index contributed by atoms with van der Waals surface area (Å²) in [6, 6.07) is 10.2. The van der Waals surface area contributed by atoms with E-state index in [1.807, 2.05) is 4.90 Å². The van der Waals surface area contributed by atoms with Crippen molar-refractivity contribution < 1.29 is 37.4 Å². The highest BCUT2D eigenvalue weighted by atomic mass is 19.3. The van der Waals surface area contributed by atoms with Gasteiger partial charge in [-0.05, 0) is 48.6 Å². The number of nitrogens with zero attached hydrogens (tertiary/aromatic N) is 2. The minimum Gasteiger partial charge on any atom is -0.489 e. The molecule has 1 saturated carbocycles. The summed E-state index contributed by atoms with van der Waals surface area (Å²) in [5.74, 6) is -0.920. The van der Waals surface area contributed by atoms with Crippen LogP contribution in [0.4, 0.5) is 14.5 Å². The number of carbonyl (C=O) groups excluding carboxylic acids is 3. The van der Waals surface area contributed by atoms with E-state index in [1.165, 1.54) is 24.0 Å². The number of carbonyl (C=O) groups is 3. The number of hydrogen-bond acceptors (Lipinski definition) is 7. The number of halogens is 2. The lowest BCUT2D eigenvalue weighted by atomic mass is 10.1. The van der Waals surface area contributed by atoms with Crippen LogP contribution in [0.5, 0.6) is 11.5 Å². The lowest BCUT2D eigenvalue weighted by Crippen LogP contribution is -2.58. The van der Waals surface area contributed by atoms with Gasteiger partial charge in [-0.25, -0.2) is 4.79 Å². The van der Waals surface area contributed by atoms with Crippen LogP contribution in [0.25, 0.3) is 0 Å². The molecule has 0 radical (unpaired) electrons. The Balaban J connectivity index is 1.48. The Bertz CT molecular complexity index is 1160. The lowest BCUT2D eigenvalue weighted by Gasteiger charge is -2.40. The van der Waals surface area contributed by atoms with Gasteiger partial charge in [-0.3, -0.25) is 9.59 Å². The highest BCUT2D eigenvalue weighted by molar-refractivity contribution is 5.92. The number of nitrogens with two attached hydrogens (primary N) is 1. The van der Waals surface area contributed by atoms with Gasteiger partial charge in [0.1, 0.15) is 12.6 Å². The standard InChI is InChI=1S/C26H29F2N3O6/c1-16(32)31-10-9-30(13-21(31)25(34)36-15-18-3-2-4-19(11-18)24(29)33)20-7-8-22(37-26(27)28)23(12-20)35-14-17-5-6-17/h2-4,7-8,11-12,17,21,26H,5-6,9-10,13-15H2,1H3,(H2,29,33). The van der Waals surface area contributed by atoms with E-state index in [0.717, 1.165) is 12.8 Å². The first-order valence-electron chi connectivity index (χ1n) is 12.0. The van der Waals surface area contributed by atoms with E-state index in [2.05, 4.69) is 4.74 Å². The van der Waals surface area contributed by atoms with Gasteiger partial charge in [-0.1, -0.05) is 12.1 Å². The maximum absolute atomic E-state index is 13.0. The number of piperazine rings is 1. The molecule has 0 aromatic heterocycles. The number of ether oxygens (including phenoxy) is 3. The number of hydrogen-bond donors (Lipinski definition) is 1. The SMILES string of the molecule is CC(=O)N1CCN(c2ccc(OC(F)F)c(OCC3CC3)c2)CC1C(=O)OCc1cccc(C(N)=O)c1. The van der Waals surface area contributed by atoms with Crippen LogP contribution in [0.3, 0.4) is 0 Å². The Kier molecular flexibility index (Phi) is 8.10. The predicted molar refractivity (Wildman–Crippen MR) is 129 cm³/mol. The van der Waals surface area contributed by atoms with Crippen molar-refractivity contribution in [1.29, 1.82) is 0 Å². The molecule has 1 unspecified atom stereocenters. The normalized spacial score (nSPS) is 17.5. The summed E-state index contributed by atoms with van der Waals surface area (Å²) in [5.41, 5.74) is 6.82. The molecule has 1 heterocycles. The second-order valence-corrected chi connectivity index (χ2v) is 9.11. The third-order valence-electron chi connectivity index (χ3n) is 6.33. The summed E-state index contributed by atoms with van der Waals surface area (Å²) in [6.07, 6.45) is 2.07. The van der Waals surface area contributed by atoms with E-state index in [1.54, 1.807) is 30.3 Å². The molecule has 1 atom stereocenters. The van der Waals surface area contributed by atoms with Gasteiger partial charge in [0.15, 0.2) is 11.5 Å². The number of amides is 2. The third kappa shape index (κ3) is 6.87. The van der Waals surface area contributed by atoms with Crippen molar-refractivity contribution in [1.82, 2.24) is 4.90 Å². The monoisotopic (exact) mass is 517 g/mol. The Morgan fingerprint density at radius 2 is 1.86 bits per heavy atom. The maximum Gasteiger partial charge on any atom is 0.387 e. The number of alkyl halides is 2. The van der Waals surface area contributed by atoms with Gasteiger partial charge in [0.2, 0.25) is 11.8 Å². The predicted octanol–water partition coefficient (Wildman–Crippen LogP) is 2.96. The Hall–Kier alpha value is -3.89. The molecule has 2 aromatic rings. The highest BCUT2D eigenvalue weighted by Crippen LogP contribution is 2.36. The number of anilines is 1. The molecule has 2 aliphatic rings. The topological polar surface area (TPSA) is 111 Å². The third-order valence-corrected chi connectivity index (χ3v) is 6.33. The van der Waals surface area contributed by atoms with Gasteiger partial charge >= 0.3 is 12.6 Å². The Morgan fingerprint density at radius 3 is 2.54 bits per heavy atom. The highest BCUT2D eigenvalue weighted by Gasteiger charge is 2.35. The van der Waals surface area contributed by atoms with E-state index < -0.39 is 24.5 Å². The molecule has 2 amide bonds. The van der Waals surface area contributed by atoms with Crippen molar-refractivity contribution in [3.63, 3.8) is 0 Å². The summed E-state index contributed by atoms with van der Waals surface area (Å²) in [4.78, 5) is 40.0. The molecule has 0 bridgehead atoms. The van der Waals surface area contributed by atoms with Gasteiger partial charge in [0.25, 0.3) is 0 Å². The molecule has 1 aliphatic carbocycles. The zero-order chi connectivity index (χ0) is 26.5. The van der Waals surface area contributed by atoms with Gasteiger partial charge in [0.05, 0.1) is 6.61 Å². The van der Waals surface area contributed by atoms with Crippen molar-refractivity contribution in [2.24, 2.45) is 11.7 Å². The number of esters is 1. The van der Waals surface area contributed by atoms with Crippen LogP contribution < -0.4 is 20.1 Å². The fraction of sp³-hybridized carbons (Fsp3) is 0.423. The van der Waals surface area contributed by atoms with E-state index in [9.17, 15) is 23.2 Å². The number of rotatable bonds is 10. The molecule has 2 fully saturated rings. The molecule has 9 nitrogen and oxygen atoms in total. The van der Waals surface area contributed by atoms with Crippen LogP contribution in [-0.4, -0.2) is 61.6 Å². The van der Waals surface area contributed by atoms with Crippen LogP contribution in [0.2, 0.25) is 0 Å². The van der Waals surface area contributed by atoms with Crippen LogP contribution in [0, 0.1) is 5.92 Å². The molecule has 198 valence electrons. The van der Waals surface area contributed by atoms with Crippen molar-refractivity contribution in [2.75, 3.05) is 31.1 Å².